The average Bonchev–Trinajstić information content (AvgIpc) is 2.10. The Morgan fingerprint density at radius 1 is 1.45 bits per heavy atom. The molecule has 0 bridgehead atoms. The fraction of sp³-hybridized carbons (Fsp3) is 1.00. The minimum absolute atomic E-state index is 0.0103. The van der Waals surface area contributed by atoms with Crippen LogP contribution in [0.15, 0.2) is 0 Å². The summed E-state index contributed by atoms with van der Waals surface area (Å²) in [6.45, 7) is 8.28. The van der Waals surface area contributed by atoms with Crippen molar-refractivity contribution in [3.8, 4) is 0 Å². The maximum absolute atomic E-state index is 5.78. The van der Waals surface area contributed by atoms with Crippen LogP contribution in [-0.4, -0.2) is 29.1 Å². The third kappa shape index (κ3) is 3.45. The zero-order chi connectivity index (χ0) is 8.48. The van der Waals surface area contributed by atoms with Gasteiger partial charge >= 0.3 is 0 Å². The minimum Gasteiger partial charge on any atom is -0.371 e. The molecule has 66 valence electrons. The SMILES string of the molecule is CC(C)(C)O[C@@H]1CCN(S)C1. The lowest BCUT2D eigenvalue weighted by Crippen LogP contribution is -2.28. The van der Waals surface area contributed by atoms with Gasteiger partial charge in [-0.05, 0) is 27.2 Å². The van der Waals surface area contributed by atoms with Crippen molar-refractivity contribution < 1.29 is 4.74 Å². The third-order valence-electron chi connectivity index (χ3n) is 1.64. The van der Waals surface area contributed by atoms with E-state index in [2.05, 4.69) is 33.6 Å². The molecule has 11 heavy (non-hydrogen) atoms. The van der Waals surface area contributed by atoms with Crippen molar-refractivity contribution in [2.24, 2.45) is 0 Å². The summed E-state index contributed by atoms with van der Waals surface area (Å²) < 4.78 is 7.79. The molecule has 0 amide bonds. The highest BCUT2D eigenvalue weighted by atomic mass is 32.1. The molecule has 2 nitrogen and oxygen atoms in total. The largest absolute Gasteiger partial charge is 0.371 e. The smallest absolute Gasteiger partial charge is 0.0730 e. The Bertz CT molecular complexity index is 133. The maximum atomic E-state index is 5.78. The second-order valence-electron chi connectivity index (χ2n) is 4.05. The van der Waals surface area contributed by atoms with Gasteiger partial charge in [-0.2, -0.15) is 0 Å². The van der Waals surface area contributed by atoms with Gasteiger partial charge in [0, 0.05) is 13.1 Å². The fourth-order valence-electron chi connectivity index (χ4n) is 1.31. The van der Waals surface area contributed by atoms with Crippen molar-refractivity contribution in [1.29, 1.82) is 0 Å². The first-order chi connectivity index (χ1) is 4.97. The van der Waals surface area contributed by atoms with Gasteiger partial charge in [0.25, 0.3) is 0 Å². The fourth-order valence-corrected chi connectivity index (χ4v) is 1.60. The quantitative estimate of drug-likeness (QED) is 0.609. The molecular weight excluding hydrogens is 158 g/mol. The number of ether oxygens (including phenoxy) is 1. The molecule has 1 fully saturated rings. The minimum atomic E-state index is -0.0103. The lowest BCUT2D eigenvalue weighted by molar-refractivity contribution is -0.0516. The number of rotatable bonds is 1. The van der Waals surface area contributed by atoms with Crippen LogP contribution in [0.2, 0.25) is 0 Å². The van der Waals surface area contributed by atoms with Crippen LogP contribution >= 0.6 is 12.8 Å². The molecule has 0 aliphatic carbocycles. The van der Waals surface area contributed by atoms with Gasteiger partial charge in [0.1, 0.15) is 0 Å². The molecule has 1 rings (SSSR count). The van der Waals surface area contributed by atoms with E-state index in [0.717, 1.165) is 19.5 Å². The topological polar surface area (TPSA) is 12.5 Å². The molecule has 0 saturated carbocycles. The van der Waals surface area contributed by atoms with Crippen LogP contribution in [0.4, 0.5) is 0 Å². The molecule has 0 spiro atoms. The van der Waals surface area contributed by atoms with Crippen molar-refractivity contribution >= 4 is 12.8 Å². The van der Waals surface area contributed by atoms with Crippen LogP contribution in [0.3, 0.4) is 0 Å². The molecule has 1 saturated heterocycles. The van der Waals surface area contributed by atoms with Gasteiger partial charge in [-0.15, -0.1) is 0 Å². The highest BCUT2D eigenvalue weighted by Gasteiger charge is 2.25. The highest BCUT2D eigenvalue weighted by molar-refractivity contribution is 7.77. The van der Waals surface area contributed by atoms with Crippen molar-refractivity contribution in [3.63, 3.8) is 0 Å². The van der Waals surface area contributed by atoms with Crippen LogP contribution < -0.4 is 0 Å². The van der Waals surface area contributed by atoms with Gasteiger partial charge in [-0.25, -0.2) is 0 Å². The van der Waals surface area contributed by atoms with Crippen LogP contribution in [0, 0.1) is 0 Å². The number of thiol groups is 1. The molecular formula is C8H17NOS. The van der Waals surface area contributed by atoms with Gasteiger partial charge in [-0.3, -0.25) is 4.31 Å². The molecule has 0 aromatic rings. The van der Waals surface area contributed by atoms with E-state index in [4.69, 9.17) is 4.74 Å². The number of hydrogen-bond donors (Lipinski definition) is 1. The summed E-state index contributed by atoms with van der Waals surface area (Å²) >= 11 is 4.25. The van der Waals surface area contributed by atoms with E-state index in [9.17, 15) is 0 Å². The maximum Gasteiger partial charge on any atom is 0.0730 e. The number of nitrogens with zero attached hydrogens (tertiary/aromatic N) is 1. The van der Waals surface area contributed by atoms with Crippen molar-refractivity contribution in [3.05, 3.63) is 0 Å². The molecule has 1 aliphatic rings. The van der Waals surface area contributed by atoms with Crippen LogP contribution in [0.1, 0.15) is 27.2 Å². The first-order valence-electron chi connectivity index (χ1n) is 4.09. The Morgan fingerprint density at radius 3 is 2.45 bits per heavy atom. The molecule has 1 atom stereocenters. The first-order valence-corrected chi connectivity index (χ1v) is 4.49. The Kier molecular flexibility index (Phi) is 2.84. The summed E-state index contributed by atoms with van der Waals surface area (Å²) in [4.78, 5) is 0. The monoisotopic (exact) mass is 175 g/mol. The summed E-state index contributed by atoms with van der Waals surface area (Å²) in [7, 11) is 0. The van der Waals surface area contributed by atoms with E-state index < -0.39 is 0 Å². The molecule has 0 radical (unpaired) electrons. The van der Waals surface area contributed by atoms with Gasteiger partial charge in [0.15, 0.2) is 0 Å². The normalized spacial score (nSPS) is 27.8. The van der Waals surface area contributed by atoms with Gasteiger partial charge in [0.2, 0.25) is 0 Å². The van der Waals surface area contributed by atoms with E-state index in [-0.39, 0.29) is 5.60 Å². The van der Waals surface area contributed by atoms with Crippen molar-refractivity contribution in [2.75, 3.05) is 13.1 Å². The Hall–Kier alpha value is 0.270. The van der Waals surface area contributed by atoms with Crippen LogP contribution in [-0.2, 0) is 4.74 Å². The average molecular weight is 175 g/mol. The summed E-state index contributed by atoms with van der Waals surface area (Å²) in [5.74, 6) is 0. The van der Waals surface area contributed by atoms with Crippen LogP contribution in [0.5, 0.6) is 0 Å². The van der Waals surface area contributed by atoms with Crippen molar-refractivity contribution in [2.45, 2.75) is 38.9 Å². The Labute approximate surface area is 74.5 Å². The third-order valence-corrected chi connectivity index (χ3v) is 2.01. The summed E-state index contributed by atoms with van der Waals surface area (Å²) in [6, 6.07) is 0. The zero-order valence-electron chi connectivity index (χ0n) is 7.50. The second-order valence-corrected chi connectivity index (χ2v) is 4.62. The molecule has 0 unspecified atom stereocenters. The van der Waals surface area contributed by atoms with E-state index in [0.29, 0.717) is 6.10 Å². The lowest BCUT2D eigenvalue weighted by Gasteiger charge is -2.24. The highest BCUT2D eigenvalue weighted by Crippen LogP contribution is 2.19. The van der Waals surface area contributed by atoms with Crippen LogP contribution in [0.25, 0.3) is 0 Å². The Morgan fingerprint density at radius 2 is 2.09 bits per heavy atom. The summed E-state index contributed by atoms with van der Waals surface area (Å²) in [6.07, 6.45) is 1.49. The van der Waals surface area contributed by atoms with Crippen molar-refractivity contribution in [1.82, 2.24) is 4.31 Å². The first kappa shape index (κ1) is 9.36. The summed E-state index contributed by atoms with van der Waals surface area (Å²) in [5.41, 5.74) is -0.0103. The molecule has 3 heteroatoms. The Balaban J connectivity index is 2.29. The second kappa shape index (κ2) is 3.33. The molecule has 0 aromatic heterocycles. The molecule has 0 N–H and O–H groups in total. The van der Waals surface area contributed by atoms with E-state index in [1.807, 2.05) is 4.31 Å². The van der Waals surface area contributed by atoms with Gasteiger partial charge in [0.05, 0.1) is 11.7 Å². The molecule has 1 heterocycles. The van der Waals surface area contributed by atoms with Gasteiger partial charge < -0.3 is 4.74 Å². The molecule has 0 aromatic carbocycles. The van der Waals surface area contributed by atoms with E-state index in [1.54, 1.807) is 0 Å². The zero-order valence-corrected chi connectivity index (χ0v) is 8.40. The number of hydrogen-bond acceptors (Lipinski definition) is 3. The van der Waals surface area contributed by atoms with E-state index in [1.165, 1.54) is 0 Å². The predicted octanol–water partition coefficient (Wildman–Crippen LogP) is 1.72. The summed E-state index contributed by atoms with van der Waals surface area (Å²) in [5, 5.41) is 0. The standard InChI is InChI=1S/C8H17NOS/c1-8(2,3)10-7-4-5-9(11)6-7/h7,11H,4-6H2,1-3H3/t7-/m1/s1. The van der Waals surface area contributed by atoms with E-state index >= 15 is 0 Å². The predicted molar refractivity (Wildman–Crippen MR) is 49.8 cm³/mol. The van der Waals surface area contributed by atoms with Gasteiger partial charge in [-0.1, -0.05) is 12.8 Å². The lowest BCUT2D eigenvalue weighted by atomic mass is 10.2. The molecule has 1 aliphatic heterocycles.